The molecule has 0 saturated heterocycles. The van der Waals surface area contributed by atoms with E-state index in [1.54, 1.807) is 48.5 Å². The van der Waals surface area contributed by atoms with Crippen molar-refractivity contribution in [2.45, 2.75) is 24.8 Å². The number of thioether (sulfide) groups is 1. The number of ether oxygens (including phenoxy) is 2. The molecule has 4 aromatic rings. The minimum Gasteiger partial charge on any atom is -0.497 e. The molecule has 0 unspecified atom stereocenters. The fourth-order valence-corrected chi connectivity index (χ4v) is 4.51. The fraction of sp³-hybridized carbons (Fsp3) is 0.214. The van der Waals surface area contributed by atoms with E-state index in [1.165, 1.54) is 23.8 Å². The molecule has 41 heavy (non-hydrogen) atoms. The van der Waals surface area contributed by atoms with Crippen LogP contribution in [0.3, 0.4) is 0 Å². The van der Waals surface area contributed by atoms with Gasteiger partial charge in [0, 0.05) is 11.3 Å². The highest BCUT2D eigenvalue weighted by atomic mass is 32.2. The largest absolute Gasteiger partial charge is 0.497 e. The van der Waals surface area contributed by atoms with E-state index in [4.69, 9.17) is 9.47 Å². The van der Waals surface area contributed by atoms with E-state index in [0.29, 0.717) is 29.4 Å². The van der Waals surface area contributed by atoms with Gasteiger partial charge in [0.1, 0.15) is 11.5 Å². The number of aromatic nitrogens is 3. The minimum absolute atomic E-state index is 0.0968. The van der Waals surface area contributed by atoms with Gasteiger partial charge in [0.05, 0.1) is 37.3 Å². The van der Waals surface area contributed by atoms with Crippen LogP contribution in [-0.4, -0.2) is 46.0 Å². The van der Waals surface area contributed by atoms with Crippen LogP contribution in [0.2, 0.25) is 0 Å². The molecule has 13 heteroatoms. The van der Waals surface area contributed by atoms with Gasteiger partial charge in [0.15, 0.2) is 11.0 Å². The van der Waals surface area contributed by atoms with Crippen LogP contribution in [0, 0.1) is 0 Å². The molecule has 0 spiro atoms. The Hall–Kier alpha value is -4.52. The normalized spacial score (nSPS) is 11.1. The third-order valence-electron chi connectivity index (χ3n) is 5.65. The molecule has 2 amide bonds. The van der Waals surface area contributed by atoms with Gasteiger partial charge in [-0.1, -0.05) is 23.9 Å². The van der Waals surface area contributed by atoms with Crippen molar-refractivity contribution < 1.29 is 32.2 Å². The number of anilines is 1. The van der Waals surface area contributed by atoms with E-state index < -0.39 is 17.6 Å². The van der Waals surface area contributed by atoms with Crippen molar-refractivity contribution in [2.75, 3.05) is 24.8 Å². The topological polar surface area (TPSA) is 107 Å². The molecule has 0 aliphatic heterocycles. The lowest BCUT2D eigenvalue weighted by Gasteiger charge is -2.14. The first kappa shape index (κ1) is 29.5. The van der Waals surface area contributed by atoms with Crippen LogP contribution >= 0.6 is 11.8 Å². The molecule has 4 rings (SSSR count). The van der Waals surface area contributed by atoms with Crippen LogP contribution in [0.15, 0.2) is 78.0 Å². The second kappa shape index (κ2) is 13.2. The lowest BCUT2D eigenvalue weighted by atomic mass is 10.2. The highest BCUT2D eigenvalue weighted by Crippen LogP contribution is 2.32. The summed E-state index contributed by atoms with van der Waals surface area (Å²) in [6.07, 6.45) is -4.57. The van der Waals surface area contributed by atoms with Crippen LogP contribution in [-0.2, 0) is 17.5 Å². The van der Waals surface area contributed by atoms with E-state index in [9.17, 15) is 22.8 Å². The number of rotatable bonds is 11. The summed E-state index contributed by atoms with van der Waals surface area (Å²) in [5, 5.41) is 13.8. The predicted molar refractivity (Wildman–Crippen MR) is 147 cm³/mol. The number of alkyl halides is 3. The number of nitrogens with zero attached hydrogens (tertiary/aromatic N) is 3. The van der Waals surface area contributed by atoms with Crippen molar-refractivity contribution in [1.82, 2.24) is 20.1 Å². The van der Waals surface area contributed by atoms with Crippen LogP contribution in [0.25, 0.3) is 5.69 Å². The molecule has 214 valence electrons. The molecule has 0 fully saturated rings. The van der Waals surface area contributed by atoms with Crippen molar-refractivity contribution in [3.05, 3.63) is 89.7 Å². The van der Waals surface area contributed by atoms with Gasteiger partial charge in [-0.05, 0) is 67.6 Å². The Bertz CT molecular complexity index is 1510. The summed E-state index contributed by atoms with van der Waals surface area (Å²) >= 11 is 0.992. The molecule has 0 bridgehead atoms. The summed E-state index contributed by atoms with van der Waals surface area (Å²) in [5.74, 6) is 0.444. The average Bonchev–Trinajstić information content (AvgIpc) is 3.38. The minimum atomic E-state index is -4.57. The highest BCUT2D eigenvalue weighted by molar-refractivity contribution is 7.99. The van der Waals surface area contributed by atoms with Crippen LogP contribution in [0.5, 0.6) is 11.5 Å². The molecule has 0 aliphatic carbocycles. The van der Waals surface area contributed by atoms with Crippen molar-refractivity contribution in [3.63, 3.8) is 0 Å². The molecular weight excluding hydrogens is 559 g/mol. The molecule has 2 N–H and O–H groups in total. The molecule has 9 nitrogen and oxygen atoms in total. The second-order valence-corrected chi connectivity index (χ2v) is 9.43. The highest BCUT2D eigenvalue weighted by Gasteiger charge is 2.31. The van der Waals surface area contributed by atoms with E-state index in [0.717, 1.165) is 23.9 Å². The summed E-state index contributed by atoms with van der Waals surface area (Å²) in [7, 11) is 1.48. The standard InChI is InChI=1S/C28H26F3N5O4S/c1-3-40-22-12-10-20(11-13-22)33-25(37)17-41-27-35-34-24(16-32-26(38)18-6-4-9-23(14-18)39-2)36(27)21-8-5-7-19(15-21)28(29,30)31/h4-15H,3,16-17H2,1-2H3,(H,32,38)(H,33,37). The van der Waals surface area contributed by atoms with E-state index >= 15 is 0 Å². The maximum atomic E-state index is 13.5. The number of hydrogen-bond acceptors (Lipinski definition) is 7. The molecule has 0 aliphatic rings. The number of hydrogen-bond donors (Lipinski definition) is 2. The summed E-state index contributed by atoms with van der Waals surface area (Å²) < 4.78 is 52.3. The Morgan fingerprint density at radius 2 is 1.73 bits per heavy atom. The average molecular weight is 586 g/mol. The quantitative estimate of drug-likeness (QED) is 0.229. The zero-order valence-electron chi connectivity index (χ0n) is 22.1. The molecule has 0 atom stereocenters. The summed E-state index contributed by atoms with van der Waals surface area (Å²) in [6, 6.07) is 18.0. The SMILES string of the molecule is CCOc1ccc(NC(=O)CSc2nnc(CNC(=O)c3cccc(OC)c3)n2-c2cccc(C(F)(F)F)c2)cc1. The molecule has 1 aromatic heterocycles. The Morgan fingerprint density at radius 1 is 0.976 bits per heavy atom. The number of halogens is 3. The van der Waals surface area contributed by atoms with E-state index in [2.05, 4.69) is 20.8 Å². The molecule has 1 heterocycles. The third-order valence-corrected chi connectivity index (χ3v) is 6.58. The van der Waals surface area contributed by atoms with Crippen molar-refractivity contribution in [1.29, 1.82) is 0 Å². The van der Waals surface area contributed by atoms with Crippen molar-refractivity contribution in [2.24, 2.45) is 0 Å². The lowest BCUT2D eigenvalue weighted by molar-refractivity contribution is -0.137. The van der Waals surface area contributed by atoms with Gasteiger partial charge in [0.2, 0.25) is 5.91 Å². The van der Waals surface area contributed by atoms with Gasteiger partial charge >= 0.3 is 6.18 Å². The Kier molecular flexibility index (Phi) is 9.50. The van der Waals surface area contributed by atoms with Gasteiger partial charge in [-0.25, -0.2) is 0 Å². The van der Waals surface area contributed by atoms with E-state index in [-0.39, 0.29) is 34.9 Å². The number of benzene rings is 3. The van der Waals surface area contributed by atoms with Gasteiger partial charge in [0.25, 0.3) is 5.91 Å². The lowest BCUT2D eigenvalue weighted by Crippen LogP contribution is -2.24. The first-order chi connectivity index (χ1) is 19.7. The summed E-state index contributed by atoms with van der Waals surface area (Å²) in [5.41, 5.74) is 0.151. The first-order valence-corrected chi connectivity index (χ1v) is 13.4. The smallest absolute Gasteiger partial charge is 0.416 e. The van der Waals surface area contributed by atoms with Crippen LogP contribution in [0.1, 0.15) is 28.7 Å². The van der Waals surface area contributed by atoms with Crippen LogP contribution < -0.4 is 20.1 Å². The Morgan fingerprint density at radius 3 is 2.44 bits per heavy atom. The van der Waals surface area contributed by atoms with Crippen molar-refractivity contribution >= 4 is 29.3 Å². The van der Waals surface area contributed by atoms with Crippen molar-refractivity contribution in [3.8, 4) is 17.2 Å². The molecular formula is C28H26F3N5O4S. The maximum absolute atomic E-state index is 13.5. The number of methoxy groups -OCH3 is 1. The number of amides is 2. The molecule has 0 saturated carbocycles. The van der Waals surface area contributed by atoms with Gasteiger partial charge in [-0.3, -0.25) is 14.2 Å². The first-order valence-electron chi connectivity index (χ1n) is 12.4. The number of carbonyl (C=O) groups is 2. The molecule has 0 radical (unpaired) electrons. The van der Waals surface area contributed by atoms with Gasteiger partial charge in [-0.2, -0.15) is 13.2 Å². The fourth-order valence-electron chi connectivity index (χ4n) is 3.74. The number of carbonyl (C=O) groups excluding carboxylic acids is 2. The summed E-state index contributed by atoms with van der Waals surface area (Å²) in [6.45, 7) is 2.24. The number of nitrogens with one attached hydrogen (secondary N) is 2. The zero-order chi connectivity index (χ0) is 29.4. The third kappa shape index (κ3) is 7.78. The molecule has 3 aromatic carbocycles. The van der Waals surface area contributed by atoms with Gasteiger partial charge in [-0.15, -0.1) is 10.2 Å². The second-order valence-electron chi connectivity index (χ2n) is 8.49. The maximum Gasteiger partial charge on any atom is 0.416 e. The van der Waals surface area contributed by atoms with E-state index in [1.807, 2.05) is 6.92 Å². The Balaban J connectivity index is 1.53. The van der Waals surface area contributed by atoms with Crippen LogP contribution in [0.4, 0.5) is 18.9 Å². The van der Waals surface area contributed by atoms with Gasteiger partial charge < -0.3 is 20.1 Å². The summed E-state index contributed by atoms with van der Waals surface area (Å²) in [4.78, 5) is 25.4. The predicted octanol–water partition coefficient (Wildman–Crippen LogP) is 5.35. The Labute approximate surface area is 238 Å². The zero-order valence-corrected chi connectivity index (χ0v) is 22.9. The monoisotopic (exact) mass is 585 g/mol.